The number of benzene rings is 1. The van der Waals surface area contributed by atoms with Crippen LogP contribution in [0.15, 0.2) is 24.3 Å². The Bertz CT molecular complexity index is 384. The zero-order valence-corrected chi connectivity index (χ0v) is 10.5. The summed E-state index contributed by atoms with van der Waals surface area (Å²) in [6, 6.07) is 9.90. The van der Waals surface area contributed by atoms with Gasteiger partial charge in [-0.25, -0.2) is 0 Å². The van der Waals surface area contributed by atoms with Gasteiger partial charge in [-0.3, -0.25) is 0 Å². The molecule has 1 N–H and O–H groups in total. The van der Waals surface area contributed by atoms with E-state index in [4.69, 9.17) is 11.6 Å². The molecule has 86 valence electrons. The van der Waals surface area contributed by atoms with Gasteiger partial charge in [0.15, 0.2) is 0 Å². The molecule has 1 aromatic rings. The van der Waals surface area contributed by atoms with Crippen molar-refractivity contribution in [3.05, 3.63) is 29.3 Å². The highest BCUT2D eigenvalue weighted by molar-refractivity contribution is 6.33. The fourth-order valence-corrected chi connectivity index (χ4v) is 1.92. The van der Waals surface area contributed by atoms with Crippen LogP contribution in [0.4, 0.5) is 5.69 Å². The van der Waals surface area contributed by atoms with Crippen LogP contribution in [0.3, 0.4) is 0 Å². The normalized spacial score (nSPS) is 13.9. The summed E-state index contributed by atoms with van der Waals surface area (Å²) < 4.78 is 0. The van der Waals surface area contributed by atoms with Gasteiger partial charge in [-0.05, 0) is 25.0 Å². The van der Waals surface area contributed by atoms with Crippen molar-refractivity contribution in [1.29, 1.82) is 5.26 Å². The molecule has 1 atom stereocenters. The first-order chi connectivity index (χ1) is 7.67. The highest BCUT2D eigenvalue weighted by Gasteiger charge is 2.27. The Morgan fingerprint density at radius 2 is 2.06 bits per heavy atom. The Hall–Kier alpha value is -1.20. The third kappa shape index (κ3) is 2.90. The van der Waals surface area contributed by atoms with Gasteiger partial charge in [0.25, 0.3) is 0 Å². The van der Waals surface area contributed by atoms with Gasteiger partial charge < -0.3 is 5.32 Å². The molecule has 0 saturated carbocycles. The van der Waals surface area contributed by atoms with Gasteiger partial charge in [-0.2, -0.15) is 5.26 Å². The summed E-state index contributed by atoms with van der Waals surface area (Å²) in [6.45, 7) is 4.10. The second-order valence-electron chi connectivity index (χ2n) is 3.90. The van der Waals surface area contributed by atoms with Crippen molar-refractivity contribution < 1.29 is 0 Å². The zero-order valence-electron chi connectivity index (χ0n) is 9.76. The van der Waals surface area contributed by atoms with E-state index in [1.165, 1.54) is 0 Å². The third-order valence-electron chi connectivity index (χ3n) is 2.74. The molecule has 0 fully saturated rings. The lowest BCUT2D eigenvalue weighted by Gasteiger charge is -2.27. The van der Waals surface area contributed by atoms with Crippen LogP contribution in [0.1, 0.15) is 33.1 Å². The molecule has 1 unspecified atom stereocenters. The van der Waals surface area contributed by atoms with Crippen molar-refractivity contribution in [2.45, 2.75) is 38.6 Å². The van der Waals surface area contributed by atoms with Crippen LogP contribution in [-0.2, 0) is 0 Å². The van der Waals surface area contributed by atoms with E-state index < -0.39 is 5.54 Å². The highest BCUT2D eigenvalue weighted by atomic mass is 35.5. The van der Waals surface area contributed by atoms with Crippen molar-refractivity contribution in [2.75, 3.05) is 5.32 Å². The summed E-state index contributed by atoms with van der Waals surface area (Å²) in [6.07, 6.45) is 2.56. The Balaban J connectivity index is 2.93. The molecule has 1 rings (SSSR count). The minimum Gasteiger partial charge on any atom is -0.366 e. The minimum atomic E-state index is -0.500. The number of nitriles is 1. The maximum Gasteiger partial charge on any atom is 0.125 e. The topological polar surface area (TPSA) is 35.8 Å². The monoisotopic (exact) mass is 236 g/mol. The lowest BCUT2D eigenvalue weighted by Crippen LogP contribution is -2.35. The first kappa shape index (κ1) is 12.9. The SMILES string of the molecule is CCCC(C#N)(CC)Nc1ccccc1Cl. The summed E-state index contributed by atoms with van der Waals surface area (Å²) >= 11 is 6.07. The van der Waals surface area contributed by atoms with Crippen LogP contribution in [-0.4, -0.2) is 5.54 Å². The molecular formula is C13H17ClN2. The van der Waals surface area contributed by atoms with E-state index in [1.807, 2.05) is 31.2 Å². The summed E-state index contributed by atoms with van der Waals surface area (Å²) in [4.78, 5) is 0. The standard InChI is InChI=1S/C13H17ClN2/c1-3-9-13(4-2,10-15)16-12-8-6-5-7-11(12)14/h5-8,16H,3-4,9H2,1-2H3. The Kier molecular flexibility index (Phi) is 4.64. The molecule has 2 nitrogen and oxygen atoms in total. The summed E-state index contributed by atoms with van der Waals surface area (Å²) in [5.41, 5.74) is 0.334. The molecule has 0 heterocycles. The number of hydrogen-bond acceptors (Lipinski definition) is 2. The van der Waals surface area contributed by atoms with Gasteiger partial charge in [0.1, 0.15) is 5.54 Å². The number of nitrogens with one attached hydrogen (secondary N) is 1. The van der Waals surface area contributed by atoms with Crippen molar-refractivity contribution >= 4 is 17.3 Å². The number of anilines is 1. The third-order valence-corrected chi connectivity index (χ3v) is 3.07. The summed E-state index contributed by atoms with van der Waals surface area (Å²) in [5, 5.41) is 13.2. The van der Waals surface area contributed by atoms with Crippen LogP contribution < -0.4 is 5.32 Å². The van der Waals surface area contributed by atoms with E-state index in [0.717, 1.165) is 24.9 Å². The van der Waals surface area contributed by atoms with Crippen molar-refractivity contribution in [1.82, 2.24) is 0 Å². The van der Waals surface area contributed by atoms with E-state index in [2.05, 4.69) is 18.3 Å². The van der Waals surface area contributed by atoms with Gasteiger partial charge in [-0.1, -0.05) is 44.0 Å². The molecule has 0 spiro atoms. The smallest absolute Gasteiger partial charge is 0.125 e. The molecule has 0 aliphatic heterocycles. The van der Waals surface area contributed by atoms with E-state index in [9.17, 15) is 5.26 Å². The van der Waals surface area contributed by atoms with Gasteiger partial charge in [0, 0.05) is 0 Å². The van der Waals surface area contributed by atoms with E-state index in [1.54, 1.807) is 0 Å². The Labute approximate surface area is 102 Å². The molecule has 3 heteroatoms. The second kappa shape index (κ2) is 5.77. The van der Waals surface area contributed by atoms with Crippen LogP contribution in [0.25, 0.3) is 0 Å². The number of halogens is 1. The Morgan fingerprint density at radius 1 is 1.38 bits per heavy atom. The van der Waals surface area contributed by atoms with Crippen LogP contribution in [0.5, 0.6) is 0 Å². The van der Waals surface area contributed by atoms with Crippen molar-refractivity contribution in [2.24, 2.45) is 0 Å². The maximum absolute atomic E-state index is 9.30. The van der Waals surface area contributed by atoms with Crippen LogP contribution in [0.2, 0.25) is 5.02 Å². The minimum absolute atomic E-state index is 0.500. The van der Waals surface area contributed by atoms with Crippen molar-refractivity contribution in [3.8, 4) is 6.07 Å². The van der Waals surface area contributed by atoms with Gasteiger partial charge >= 0.3 is 0 Å². The first-order valence-electron chi connectivity index (χ1n) is 5.61. The van der Waals surface area contributed by atoms with Gasteiger partial charge in [-0.15, -0.1) is 0 Å². The lowest BCUT2D eigenvalue weighted by atomic mass is 9.92. The molecular weight excluding hydrogens is 220 g/mol. The predicted octanol–water partition coefficient (Wildman–Crippen LogP) is 4.22. The summed E-state index contributed by atoms with van der Waals surface area (Å²) in [5.74, 6) is 0. The number of hydrogen-bond donors (Lipinski definition) is 1. The molecule has 0 aliphatic carbocycles. The molecule has 0 aromatic heterocycles. The van der Waals surface area contributed by atoms with Gasteiger partial charge in [0.2, 0.25) is 0 Å². The molecule has 0 saturated heterocycles. The van der Waals surface area contributed by atoms with Crippen LogP contribution >= 0.6 is 11.6 Å². The number of para-hydroxylation sites is 1. The largest absolute Gasteiger partial charge is 0.366 e. The molecule has 0 aliphatic rings. The van der Waals surface area contributed by atoms with E-state index in [-0.39, 0.29) is 0 Å². The highest BCUT2D eigenvalue weighted by Crippen LogP contribution is 2.28. The maximum atomic E-state index is 9.30. The van der Waals surface area contributed by atoms with Crippen molar-refractivity contribution in [3.63, 3.8) is 0 Å². The van der Waals surface area contributed by atoms with E-state index >= 15 is 0 Å². The molecule has 0 radical (unpaired) electrons. The molecule has 1 aromatic carbocycles. The quantitative estimate of drug-likeness (QED) is 0.831. The fourth-order valence-electron chi connectivity index (χ4n) is 1.74. The average molecular weight is 237 g/mol. The lowest BCUT2D eigenvalue weighted by molar-refractivity contribution is 0.515. The van der Waals surface area contributed by atoms with Gasteiger partial charge in [0.05, 0.1) is 16.8 Å². The zero-order chi connectivity index (χ0) is 12.0. The second-order valence-corrected chi connectivity index (χ2v) is 4.31. The van der Waals surface area contributed by atoms with E-state index in [0.29, 0.717) is 5.02 Å². The number of rotatable bonds is 5. The predicted molar refractivity (Wildman–Crippen MR) is 68.6 cm³/mol. The first-order valence-corrected chi connectivity index (χ1v) is 5.99. The van der Waals surface area contributed by atoms with Crippen LogP contribution in [0, 0.1) is 11.3 Å². The average Bonchev–Trinajstić information content (AvgIpc) is 2.31. The molecule has 0 amide bonds. The fraction of sp³-hybridized carbons (Fsp3) is 0.462. The number of nitrogens with zero attached hydrogens (tertiary/aromatic N) is 1. The summed E-state index contributed by atoms with van der Waals surface area (Å²) in [7, 11) is 0. The Morgan fingerprint density at radius 3 is 2.56 bits per heavy atom. The molecule has 0 bridgehead atoms. The molecule has 16 heavy (non-hydrogen) atoms.